The first-order valence-corrected chi connectivity index (χ1v) is 6.57. The number of carbonyl (C=O) groups excluding carboxylic acids is 2. The van der Waals surface area contributed by atoms with Gasteiger partial charge in [-0.25, -0.2) is 4.79 Å². The van der Waals surface area contributed by atoms with Crippen molar-refractivity contribution < 1.29 is 24.2 Å². The van der Waals surface area contributed by atoms with Crippen LogP contribution >= 0.6 is 0 Å². The SMILES string of the molecule is CCCC(N)C(=O)N[C@@H](CC(=O)OC(C)(C)C)C(=O)O. The van der Waals surface area contributed by atoms with Gasteiger partial charge in [-0.1, -0.05) is 13.3 Å². The number of hydrogen-bond acceptors (Lipinski definition) is 5. The molecule has 0 radical (unpaired) electrons. The maximum atomic E-state index is 11.7. The molecule has 2 atom stereocenters. The fourth-order valence-corrected chi connectivity index (χ4v) is 1.47. The second kappa shape index (κ2) is 7.84. The van der Waals surface area contributed by atoms with Crippen LogP contribution in [0.1, 0.15) is 47.0 Å². The maximum Gasteiger partial charge on any atom is 0.326 e. The van der Waals surface area contributed by atoms with Crippen LogP contribution in [0.2, 0.25) is 0 Å². The number of amides is 1. The lowest BCUT2D eigenvalue weighted by molar-refractivity contribution is -0.158. The lowest BCUT2D eigenvalue weighted by Gasteiger charge is -2.22. The Kier molecular flexibility index (Phi) is 7.20. The van der Waals surface area contributed by atoms with Gasteiger partial charge < -0.3 is 20.9 Å². The first-order chi connectivity index (χ1) is 9.06. The molecule has 0 saturated carbocycles. The van der Waals surface area contributed by atoms with E-state index in [1.165, 1.54) is 0 Å². The number of nitrogens with two attached hydrogens (primary N) is 1. The number of hydrogen-bond donors (Lipinski definition) is 3. The van der Waals surface area contributed by atoms with Crippen LogP contribution in [0.5, 0.6) is 0 Å². The average Bonchev–Trinajstić information content (AvgIpc) is 2.25. The highest BCUT2D eigenvalue weighted by molar-refractivity contribution is 5.89. The van der Waals surface area contributed by atoms with Crippen molar-refractivity contribution >= 4 is 17.8 Å². The third-order valence-electron chi connectivity index (χ3n) is 2.34. The molecule has 0 heterocycles. The molecule has 1 unspecified atom stereocenters. The number of carboxylic acid groups (broad SMARTS) is 1. The Labute approximate surface area is 118 Å². The third kappa shape index (κ3) is 7.73. The van der Waals surface area contributed by atoms with Gasteiger partial charge in [-0.15, -0.1) is 0 Å². The molecule has 0 aromatic heterocycles. The van der Waals surface area contributed by atoms with Crippen LogP contribution in [0.15, 0.2) is 0 Å². The minimum Gasteiger partial charge on any atom is -0.480 e. The van der Waals surface area contributed by atoms with Gasteiger partial charge in [-0.2, -0.15) is 0 Å². The van der Waals surface area contributed by atoms with Gasteiger partial charge in [0.2, 0.25) is 5.91 Å². The summed E-state index contributed by atoms with van der Waals surface area (Å²) >= 11 is 0. The summed E-state index contributed by atoms with van der Waals surface area (Å²) in [6.45, 7) is 6.89. The summed E-state index contributed by atoms with van der Waals surface area (Å²) in [5.74, 6) is -2.56. The Morgan fingerprint density at radius 1 is 1.30 bits per heavy atom. The number of carboxylic acids is 1. The Balaban J connectivity index is 4.56. The molecule has 0 bridgehead atoms. The van der Waals surface area contributed by atoms with Crippen molar-refractivity contribution in [3.05, 3.63) is 0 Å². The van der Waals surface area contributed by atoms with E-state index in [1.807, 2.05) is 6.92 Å². The van der Waals surface area contributed by atoms with Gasteiger partial charge in [-0.05, 0) is 27.2 Å². The van der Waals surface area contributed by atoms with Crippen molar-refractivity contribution in [2.45, 2.75) is 64.6 Å². The molecule has 116 valence electrons. The summed E-state index contributed by atoms with van der Waals surface area (Å²) in [6, 6.07) is -2.11. The molecule has 0 aliphatic rings. The smallest absolute Gasteiger partial charge is 0.326 e. The Hall–Kier alpha value is -1.63. The van der Waals surface area contributed by atoms with E-state index in [2.05, 4.69) is 5.32 Å². The number of carbonyl (C=O) groups is 3. The van der Waals surface area contributed by atoms with Gasteiger partial charge in [0, 0.05) is 0 Å². The van der Waals surface area contributed by atoms with Crippen LogP contribution in [0, 0.1) is 0 Å². The van der Waals surface area contributed by atoms with Crippen LogP contribution in [-0.4, -0.2) is 40.6 Å². The normalized spacial score (nSPS) is 14.2. The second-order valence-electron chi connectivity index (χ2n) is 5.59. The van der Waals surface area contributed by atoms with E-state index in [0.29, 0.717) is 12.8 Å². The molecule has 0 aromatic carbocycles. The first-order valence-electron chi connectivity index (χ1n) is 6.57. The molecule has 0 aromatic rings. The van der Waals surface area contributed by atoms with Gasteiger partial charge in [0.1, 0.15) is 11.6 Å². The summed E-state index contributed by atoms with van der Waals surface area (Å²) in [6.07, 6.45) is 0.722. The predicted molar refractivity (Wildman–Crippen MR) is 72.9 cm³/mol. The van der Waals surface area contributed by atoms with Crippen LogP contribution in [-0.2, 0) is 19.1 Å². The highest BCUT2D eigenvalue weighted by Crippen LogP contribution is 2.09. The Morgan fingerprint density at radius 3 is 2.25 bits per heavy atom. The van der Waals surface area contributed by atoms with Crippen molar-refractivity contribution in [2.24, 2.45) is 5.73 Å². The topological polar surface area (TPSA) is 119 Å². The minimum absolute atomic E-state index is 0.433. The Morgan fingerprint density at radius 2 is 1.85 bits per heavy atom. The number of aliphatic carboxylic acids is 1. The largest absolute Gasteiger partial charge is 0.480 e. The van der Waals surface area contributed by atoms with Crippen molar-refractivity contribution in [1.29, 1.82) is 0 Å². The quantitative estimate of drug-likeness (QED) is 0.584. The molecule has 0 spiro atoms. The fraction of sp³-hybridized carbons (Fsp3) is 0.769. The summed E-state index contributed by atoms with van der Waals surface area (Å²) in [7, 11) is 0. The van der Waals surface area contributed by atoms with E-state index in [-0.39, 0.29) is 0 Å². The zero-order valence-corrected chi connectivity index (χ0v) is 12.4. The molecule has 0 aliphatic carbocycles. The Bertz CT molecular complexity index is 362. The molecule has 1 amide bonds. The van der Waals surface area contributed by atoms with Crippen LogP contribution in [0.4, 0.5) is 0 Å². The van der Waals surface area contributed by atoms with Gasteiger partial charge in [-0.3, -0.25) is 9.59 Å². The van der Waals surface area contributed by atoms with Crippen molar-refractivity contribution in [3.63, 3.8) is 0 Å². The summed E-state index contributed by atoms with van der Waals surface area (Å²) in [5, 5.41) is 11.3. The van der Waals surface area contributed by atoms with Crippen LogP contribution < -0.4 is 11.1 Å². The highest BCUT2D eigenvalue weighted by Gasteiger charge is 2.27. The average molecular weight is 288 g/mol. The predicted octanol–water partition coefficient (Wildman–Crippen LogP) is 0.415. The first kappa shape index (κ1) is 18.4. The molecular formula is C13H24N2O5. The van der Waals surface area contributed by atoms with Crippen molar-refractivity contribution in [2.75, 3.05) is 0 Å². The second-order valence-corrected chi connectivity index (χ2v) is 5.59. The molecule has 4 N–H and O–H groups in total. The van der Waals surface area contributed by atoms with E-state index < -0.39 is 42.0 Å². The molecule has 0 rings (SSSR count). The summed E-state index contributed by atoms with van der Waals surface area (Å²) in [4.78, 5) is 34.3. The van der Waals surface area contributed by atoms with E-state index in [4.69, 9.17) is 15.6 Å². The zero-order valence-electron chi connectivity index (χ0n) is 12.4. The lowest BCUT2D eigenvalue weighted by atomic mass is 10.1. The molecule has 20 heavy (non-hydrogen) atoms. The molecule has 7 nitrogen and oxygen atoms in total. The zero-order chi connectivity index (χ0) is 15.9. The standard InChI is InChI=1S/C13H24N2O5/c1-5-6-8(14)11(17)15-9(12(18)19)7-10(16)20-13(2,3)4/h8-9H,5-7,14H2,1-4H3,(H,15,17)(H,18,19)/t8?,9-/m0/s1. The summed E-state index contributed by atoms with van der Waals surface area (Å²) in [5.41, 5.74) is 4.88. The summed E-state index contributed by atoms with van der Waals surface area (Å²) < 4.78 is 5.02. The number of ether oxygens (including phenoxy) is 1. The molecular weight excluding hydrogens is 264 g/mol. The third-order valence-corrected chi connectivity index (χ3v) is 2.34. The molecule has 7 heteroatoms. The van der Waals surface area contributed by atoms with Gasteiger partial charge in [0.25, 0.3) is 0 Å². The number of esters is 1. The highest BCUT2D eigenvalue weighted by atomic mass is 16.6. The maximum absolute atomic E-state index is 11.7. The van der Waals surface area contributed by atoms with Gasteiger partial charge in [0.05, 0.1) is 12.5 Å². The molecule has 0 aliphatic heterocycles. The monoisotopic (exact) mass is 288 g/mol. The van der Waals surface area contributed by atoms with E-state index in [0.717, 1.165) is 0 Å². The van der Waals surface area contributed by atoms with Crippen LogP contribution in [0.3, 0.4) is 0 Å². The van der Waals surface area contributed by atoms with Gasteiger partial charge >= 0.3 is 11.9 Å². The molecule has 0 fully saturated rings. The van der Waals surface area contributed by atoms with E-state index in [1.54, 1.807) is 20.8 Å². The van der Waals surface area contributed by atoms with Crippen LogP contribution in [0.25, 0.3) is 0 Å². The van der Waals surface area contributed by atoms with E-state index in [9.17, 15) is 14.4 Å². The van der Waals surface area contributed by atoms with Crippen molar-refractivity contribution in [3.8, 4) is 0 Å². The lowest BCUT2D eigenvalue weighted by Crippen LogP contribution is -2.49. The minimum atomic E-state index is -1.33. The van der Waals surface area contributed by atoms with E-state index >= 15 is 0 Å². The van der Waals surface area contributed by atoms with Crippen molar-refractivity contribution in [1.82, 2.24) is 5.32 Å². The fourth-order valence-electron chi connectivity index (χ4n) is 1.47. The molecule has 0 saturated heterocycles. The number of rotatable bonds is 7. The number of nitrogens with one attached hydrogen (secondary N) is 1. The van der Waals surface area contributed by atoms with Gasteiger partial charge in [0.15, 0.2) is 0 Å².